The van der Waals surface area contributed by atoms with Crippen LogP contribution in [0, 0.1) is 16.0 Å². The Morgan fingerprint density at radius 1 is 1.40 bits per heavy atom. The fourth-order valence-electron chi connectivity index (χ4n) is 2.93. The Morgan fingerprint density at radius 2 is 2.05 bits per heavy atom. The van der Waals surface area contributed by atoms with Crippen molar-refractivity contribution in [3.63, 3.8) is 0 Å². The highest BCUT2D eigenvalue weighted by molar-refractivity contribution is 5.60. The molecule has 1 fully saturated rings. The van der Waals surface area contributed by atoms with Gasteiger partial charge in [0.25, 0.3) is 0 Å². The first-order valence-corrected chi connectivity index (χ1v) is 7.45. The first kappa shape index (κ1) is 14.8. The number of nitrogens with zero attached hydrogens (tertiary/aromatic N) is 3. The molecule has 1 heterocycles. The summed E-state index contributed by atoms with van der Waals surface area (Å²) < 4.78 is 1.61. The van der Waals surface area contributed by atoms with Gasteiger partial charge >= 0.3 is 5.69 Å². The van der Waals surface area contributed by atoms with Crippen molar-refractivity contribution in [3.05, 3.63) is 15.8 Å². The Bertz CT molecular complexity index is 476. The molecule has 0 radical (unpaired) electrons. The molecule has 0 aliphatic heterocycles. The highest BCUT2D eigenvalue weighted by atomic mass is 16.6. The molecular formula is C14H24N4O2. The third-order valence-electron chi connectivity index (χ3n) is 4.06. The van der Waals surface area contributed by atoms with E-state index in [2.05, 4.69) is 10.4 Å². The van der Waals surface area contributed by atoms with Crippen LogP contribution in [0.25, 0.3) is 0 Å². The Kier molecular flexibility index (Phi) is 4.62. The zero-order valence-corrected chi connectivity index (χ0v) is 12.6. The summed E-state index contributed by atoms with van der Waals surface area (Å²) in [6, 6.07) is 0. The zero-order valence-electron chi connectivity index (χ0n) is 12.6. The molecule has 0 unspecified atom stereocenters. The van der Waals surface area contributed by atoms with E-state index < -0.39 is 0 Å². The average molecular weight is 280 g/mol. The summed E-state index contributed by atoms with van der Waals surface area (Å²) in [5.41, 5.74) is 0.696. The monoisotopic (exact) mass is 280 g/mol. The molecule has 0 amide bonds. The van der Waals surface area contributed by atoms with E-state index in [1.54, 1.807) is 11.7 Å². The van der Waals surface area contributed by atoms with Gasteiger partial charge in [-0.15, -0.1) is 0 Å². The van der Waals surface area contributed by atoms with Crippen LogP contribution >= 0.6 is 0 Å². The Labute approximate surface area is 119 Å². The van der Waals surface area contributed by atoms with Crippen molar-refractivity contribution >= 4 is 11.5 Å². The molecule has 0 bridgehead atoms. The van der Waals surface area contributed by atoms with E-state index in [1.165, 1.54) is 32.1 Å². The van der Waals surface area contributed by atoms with Crippen molar-refractivity contribution in [2.24, 2.45) is 13.0 Å². The van der Waals surface area contributed by atoms with Gasteiger partial charge in [-0.25, -0.2) is 4.68 Å². The van der Waals surface area contributed by atoms with Crippen LogP contribution in [0.4, 0.5) is 11.5 Å². The lowest BCUT2D eigenvalue weighted by molar-refractivity contribution is -0.384. The van der Waals surface area contributed by atoms with Gasteiger partial charge in [0.1, 0.15) is 5.69 Å². The van der Waals surface area contributed by atoms with E-state index in [1.807, 2.05) is 13.8 Å². The molecule has 1 aliphatic rings. The van der Waals surface area contributed by atoms with Gasteiger partial charge < -0.3 is 5.32 Å². The summed E-state index contributed by atoms with van der Waals surface area (Å²) in [7, 11) is 1.77. The molecule has 1 aromatic heterocycles. The molecule has 1 saturated carbocycles. The first-order chi connectivity index (χ1) is 9.50. The quantitative estimate of drug-likeness (QED) is 0.662. The Balaban J connectivity index is 2.15. The number of nitro groups is 1. The molecule has 20 heavy (non-hydrogen) atoms. The van der Waals surface area contributed by atoms with Crippen LogP contribution in [0.15, 0.2) is 0 Å². The van der Waals surface area contributed by atoms with Crippen LogP contribution in [-0.4, -0.2) is 21.2 Å². The summed E-state index contributed by atoms with van der Waals surface area (Å²) in [5.74, 6) is 1.22. The maximum Gasteiger partial charge on any atom is 0.334 e. The maximum absolute atomic E-state index is 11.3. The topological polar surface area (TPSA) is 73.0 Å². The maximum atomic E-state index is 11.3. The fourth-order valence-corrected chi connectivity index (χ4v) is 2.93. The number of hydrogen-bond acceptors (Lipinski definition) is 4. The molecule has 0 aromatic carbocycles. The summed E-state index contributed by atoms with van der Waals surface area (Å²) in [5, 5.41) is 18.9. The Hall–Kier alpha value is -1.59. The van der Waals surface area contributed by atoms with Gasteiger partial charge in [-0.1, -0.05) is 33.1 Å². The normalized spacial score (nSPS) is 16.6. The van der Waals surface area contributed by atoms with Gasteiger partial charge in [0.2, 0.25) is 5.82 Å². The van der Waals surface area contributed by atoms with E-state index in [0.29, 0.717) is 17.4 Å². The van der Waals surface area contributed by atoms with Crippen molar-refractivity contribution < 1.29 is 4.92 Å². The summed E-state index contributed by atoms with van der Waals surface area (Å²) in [6.45, 7) is 4.67. The number of aromatic nitrogens is 2. The minimum Gasteiger partial charge on any atom is -0.364 e. The lowest BCUT2D eigenvalue weighted by Gasteiger charge is -2.21. The molecule has 112 valence electrons. The van der Waals surface area contributed by atoms with Crippen LogP contribution in [0.1, 0.15) is 57.6 Å². The number of aryl methyl sites for hydroxylation is 1. The van der Waals surface area contributed by atoms with E-state index in [4.69, 9.17) is 0 Å². The first-order valence-electron chi connectivity index (χ1n) is 7.45. The zero-order chi connectivity index (χ0) is 14.7. The molecule has 0 spiro atoms. The number of nitrogens with one attached hydrogen (secondary N) is 1. The molecule has 2 rings (SSSR count). The predicted molar refractivity (Wildman–Crippen MR) is 79.0 cm³/mol. The van der Waals surface area contributed by atoms with Gasteiger partial charge in [0.15, 0.2) is 0 Å². The predicted octanol–water partition coefficient (Wildman–Crippen LogP) is 3.44. The van der Waals surface area contributed by atoms with Crippen LogP contribution < -0.4 is 5.32 Å². The molecule has 6 heteroatoms. The Morgan fingerprint density at radius 3 is 2.60 bits per heavy atom. The third kappa shape index (κ3) is 3.11. The number of hydrogen-bond donors (Lipinski definition) is 1. The van der Waals surface area contributed by atoms with Gasteiger partial charge in [-0.05, 0) is 18.8 Å². The van der Waals surface area contributed by atoms with Crippen molar-refractivity contribution in [1.82, 2.24) is 9.78 Å². The lowest BCUT2D eigenvalue weighted by atomic mass is 9.89. The molecule has 0 saturated heterocycles. The minimum absolute atomic E-state index is 0.0480. The molecule has 1 aliphatic carbocycles. The van der Waals surface area contributed by atoms with Gasteiger partial charge in [-0.3, -0.25) is 10.1 Å². The number of rotatable bonds is 5. The molecule has 6 nitrogen and oxygen atoms in total. The second-order valence-electron chi connectivity index (χ2n) is 6.00. The van der Waals surface area contributed by atoms with Crippen molar-refractivity contribution in [1.29, 1.82) is 0 Å². The van der Waals surface area contributed by atoms with Crippen LogP contribution in [0.3, 0.4) is 0 Å². The van der Waals surface area contributed by atoms with Crippen molar-refractivity contribution in [3.8, 4) is 0 Å². The highest BCUT2D eigenvalue weighted by Gasteiger charge is 2.28. The average Bonchev–Trinajstić information content (AvgIpc) is 2.75. The van der Waals surface area contributed by atoms with Gasteiger partial charge in [0.05, 0.1) is 4.92 Å². The van der Waals surface area contributed by atoms with E-state index in [0.717, 1.165) is 6.54 Å². The highest BCUT2D eigenvalue weighted by Crippen LogP contribution is 2.33. The standard InChI is InChI=1S/C14H24N4O2/c1-10(2)12-13(18(19)20)14(17(3)16-12)15-9-11-7-5-4-6-8-11/h10-11,15H,4-9H2,1-3H3. The number of anilines is 1. The third-order valence-corrected chi connectivity index (χ3v) is 4.06. The van der Waals surface area contributed by atoms with Gasteiger partial charge in [-0.2, -0.15) is 5.10 Å². The van der Waals surface area contributed by atoms with Gasteiger partial charge in [0, 0.05) is 19.5 Å². The van der Waals surface area contributed by atoms with Crippen molar-refractivity contribution in [2.45, 2.75) is 51.9 Å². The molecule has 0 atom stereocenters. The summed E-state index contributed by atoms with van der Waals surface area (Å²) >= 11 is 0. The van der Waals surface area contributed by atoms with E-state index in [-0.39, 0.29) is 16.5 Å². The minimum atomic E-state index is -0.314. The summed E-state index contributed by atoms with van der Waals surface area (Å²) in [6.07, 6.45) is 6.30. The fraction of sp³-hybridized carbons (Fsp3) is 0.786. The van der Waals surface area contributed by atoms with Crippen LogP contribution in [0.5, 0.6) is 0 Å². The molecular weight excluding hydrogens is 256 g/mol. The van der Waals surface area contributed by atoms with E-state index >= 15 is 0 Å². The van der Waals surface area contributed by atoms with E-state index in [9.17, 15) is 10.1 Å². The van der Waals surface area contributed by atoms with Crippen molar-refractivity contribution in [2.75, 3.05) is 11.9 Å². The molecule has 1 aromatic rings. The largest absolute Gasteiger partial charge is 0.364 e. The smallest absolute Gasteiger partial charge is 0.334 e. The molecule has 1 N–H and O–H groups in total. The van der Waals surface area contributed by atoms with Crippen LogP contribution in [0.2, 0.25) is 0 Å². The van der Waals surface area contributed by atoms with Crippen LogP contribution in [-0.2, 0) is 7.05 Å². The summed E-state index contributed by atoms with van der Waals surface area (Å²) in [4.78, 5) is 11.0. The second kappa shape index (κ2) is 6.24. The lowest BCUT2D eigenvalue weighted by Crippen LogP contribution is -2.18. The SMILES string of the molecule is CC(C)c1nn(C)c(NCC2CCCCC2)c1[N+](=O)[O-]. The second-order valence-corrected chi connectivity index (χ2v) is 6.00.